The number of anilines is 2. The molecule has 0 atom stereocenters. The summed E-state index contributed by atoms with van der Waals surface area (Å²) in [6.07, 6.45) is 8.10. The second-order valence-electron chi connectivity index (χ2n) is 6.32. The number of para-hydroxylation sites is 1. The van der Waals surface area contributed by atoms with Gasteiger partial charge < -0.3 is 10.6 Å². The summed E-state index contributed by atoms with van der Waals surface area (Å²) in [5.74, 6) is -1.58. The summed E-state index contributed by atoms with van der Waals surface area (Å²) in [4.78, 5) is 16.4. The van der Waals surface area contributed by atoms with Gasteiger partial charge in [-0.3, -0.25) is 4.79 Å². The van der Waals surface area contributed by atoms with E-state index in [0.29, 0.717) is 11.4 Å². The first-order valence-electron chi connectivity index (χ1n) is 8.61. The third-order valence-electron chi connectivity index (χ3n) is 4.42. The molecule has 2 aromatic rings. The van der Waals surface area contributed by atoms with Crippen molar-refractivity contribution in [1.29, 1.82) is 0 Å². The Morgan fingerprint density at radius 3 is 2.28 bits per heavy atom. The molecule has 6 heteroatoms. The van der Waals surface area contributed by atoms with Gasteiger partial charge in [-0.15, -0.1) is 0 Å². The molecule has 1 aliphatic carbocycles. The Morgan fingerprint density at radius 2 is 1.68 bits per heavy atom. The largest absolute Gasteiger partial charge is 0.349 e. The first kappa shape index (κ1) is 17.3. The average molecular weight is 345 g/mol. The summed E-state index contributed by atoms with van der Waals surface area (Å²) in [5.41, 5.74) is 0.471. The summed E-state index contributed by atoms with van der Waals surface area (Å²) in [7, 11) is 0. The maximum absolute atomic E-state index is 13.7. The van der Waals surface area contributed by atoms with E-state index in [9.17, 15) is 13.6 Å². The number of nitrogens with zero attached hydrogens (tertiary/aromatic N) is 1. The normalized spacial score (nSPS) is 15.4. The molecule has 0 spiro atoms. The minimum atomic E-state index is -0.685. The standard InChI is InChI=1S/C19H21F2N3O/c20-15-8-5-9-16(21)18(15)23-14-10-11-17(22-12-14)19(25)24-13-6-3-1-2-4-7-13/h5,8-13,23H,1-4,6-7H2,(H,24,25). The van der Waals surface area contributed by atoms with Crippen LogP contribution in [0, 0.1) is 11.6 Å². The molecular formula is C19H21F2N3O. The highest BCUT2D eigenvalue weighted by Gasteiger charge is 2.16. The zero-order valence-corrected chi connectivity index (χ0v) is 13.9. The third kappa shape index (κ3) is 4.53. The van der Waals surface area contributed by atoms with E-state index in [2.05, 4.69) is 15.6 Å². The van der Waals surface area contributed by atoms with Crippen molar-refractivity contribution < 1.29 is 13.6 Å². The maximum Gasteiger partial charge on any atom is 0.270 e. The van der Waals surface area contributed by atoms with E-state index in [0.717, 1.165) is 25.7 Å². The highest BCUT2D eigenvalue weighted by Crippen LogP contribution is 2.23. The van der Waals surface area contributed by atoms with Gasteiger partial charge in [0.1, 0.15) is 23.0 Å². The van der Waals surface area contributed by atoms with Crippen molar-refractivity contribution in [2.45, 2.75) is 44.6 Å². The van der Waals surface area contributed by atoms with Crippen LogP contribution in [0.2, 0.25) is 0 Å². The van der Waals surface area contributed by atoms with E-state index in [4.69, 9.17) is 0 Å². The number of carbonyl (C=O) groups excluding carboxylic acids is 1. The highest BCUT2D eigenvalue weighted by atomic mass is 19.1. The number of rotatable bonds is 4. The summed E-state index contributed by atoms with van der Waals surface area (Å²) in [6.45, 7) is 0. The van der Waals surface area contributed by atoms with Crippen molar-refractivity contribution in [3.63, 3.8) is 0 Å². The van der Waals surface area contributed by atoms with Crippen LogP contribution in [0.25, 0.3) is 0 Å². The predicted molar refractivity (Wildman–Crippen MR) is 92.8 cm³/mol. The molecule has 1 saturated carbocycles. The number of pyridine rings is 1. The molecule has 1 fully saturated rings. The van der Waals surface area contributed by atoms with E-state index in [1.165, 1.54) is 37.2 Å². The number of hydrogen-bond acceptors (Lipinski definition) is 3. The van der Waals surface area contributed by atoms with Crippen LogP contribution in [0.3, 0.4) is 0 Å². The summed E-state index contributed by atoms with van der Waals surface area (Å²) >= 11 is 0. The fraction of sp³-hybridized carbons (Fsp3) is 0.368. The van der Waals surface area contributed by atoms with Crippen molar-refractivity contribution in [2.24, 2.45) is 0 Å². The van der Waals surface area contributed by atoms with E-state index in [-0.39, 0.29) is 17.6 Å². The average Bonchev–Trinajstić information content (AvgIpc) is 2.87. The molecule has 0 saturated heterocycles. The number of benzene rings is 1. The lowest BCUT2D eigenvalue weighted by atomic mass is 10.1. The fourth-order valence-corrected chi connectivity index (χ4v) is 3.05. The molecule has 1 amide bonds. The Kier molecular flexibility index (Phi) is 5.58. The zero-order valence-electron chi connectivity index (χ0n) is 13.9. The molecule has 1 aromatic heterocycles. The number of aromatic nitrogens is 1. The zero-order chi connectivity index (χ0) is 17.6. The van der Waals surface area contributed by atoms with Crippen LogP contribution < -0.4 is 10.6 Å². The quantitative estimate of drug-likeness (QED) is 0.799. The molecule has 1 heterocycles. The lowest BCUT2D eigenvalue weighted by Crippen LogP contribution is -2.34. The molecule has 0 aliphatic heterocycles. The fourth-order valence-electron chi connectivity index (χ4n) is 3.05. The third-order valence-corrected chi connectivity index (χ3v) is 4.42. The Hall–Kier alpha value is -2.50. The van der Waals surface area contributed by atoms with Gasteiger partial charge in [-0.2, -0.15) is 0 Å². The molecule has 25 heavy (non-hydrogen) atoms. The van der Waals surface area contributed by atoms with Crippen LogP contribution in [0.1, 0.15) is 49.0 Å². The summed E-state index contributed by atoms with van der Waals surface area (Å²) in [5, 5.41) is 5.67. The minimum absolute atomic E-state index is 0.196. The predicted octanol–water partition coefficient (Wildman–Crippen LogP) is 4.56. The SMILES string of the molecule is O=C(NC1CCCCCC1)c1ccc(Nc2c(F)cccc2F)cn1. The topological polar surface area (TPSA) is 54.0 Å². The monoisotopic (exact) mass is 345 g/mol. The molecule has 1 aromatic carbocycles. The lowest BCUT2D eigenvalue weighted by molar-refractivity contribution is 0.0928. The maximum atomic E-state index is 13.7. The highest BCUT2D eigenvalue weighted by molar-refractivity contribution is 5.92. The Balaban J connectivity index is 1.64. The summed E-state index contributed by atoms with van der Waals surface area (Å²) in [6, 6.07) is 6.98. The van der Waals surface area contributed by atoms with Crippen LogP contribution in [-0.4, -0.2) is 16.9 Å². The number of nitrogens with one attached hydrogen (secondary N) is 2. The van der Waals surface area contributed by atoms with Crippen LogP contribution in [-0.2, 0) is 0 Å². The van der Waals surface area contributed by atoms with E-state index in [1.807, 2.05) is 0 Å². The lowest BCUT2D eigenvalue weighted by Gasteiger charge is -2.16. The second-order valence-corrected chi connectivity index (χ2v) is 6.32. The van der Waals surface area contributed by atoms with Gasteiger partial charge in [0, 0.05) is 6.04 Å². The van der Waals surface area contributed by atoms with Gasteiger partial charge >= 0.3 is 0 Å². The van der Waals surface area contributed by atoms with Crippen LogP contribution in [0.5, 0.6) is 0 Å². The van der Waals surface area contributed by atoms with Crippen LogP contribution >= 0.6 is 0 Å². The second kappa shape index (κ2) is 8.05. The van der Waals surface area contributed by atoms with Gasteiger partial charge in [-0.05, 0) is 37.1 Å². The van der Waals surface area contributed by atoms with Crippen molar-refractivity contribution in [2.75, 3.05) is 5.32 Å². The van der Waals surface area contributed by atoms with E-state index < -0.39 is 11.6 Å². The Bertz CT molecular complexity index is 706. The first-order valence-corrected chi connectivity index (χ1v) is 8.61. The van der Waals surface area contributed by atoms with Gasteiger partial charge in [0.15, 0.2) is 0 Å². The van der Waals surface area contributed by atoms with E-state index >= 15 is 0 Å². The molecule has 2 N–H and O–H groups in total. The molecule has 0 unspecified atom stereocenters. The summed E-state index contributed by atoms with van der Waals surface area (Å²) < 4.78 is 27.3. The molecule has 1 aliphatic rings. The molecule has 3 rings (SSSR count). The molecule has 0 bridgehead atoms. The first-order chi connectivity index (χ1) is 12.1. The number of carbonyl (C=O) groups is 1. The van der Waals surface area contributed by atoms with Gasteiger partial charge in [0.25, 0.3) is 5.91 Å². The van der Waals surface area contributed by atoms with Crippen LogP contribution in [0.4, 0.5) is 20.2 Å². The van der Waals surface area contributed by atoms with Crippen molar-refractivity contribution in [3.8, 4) is 0 Å². The number of amides is 1. The van der Waals surface area contributed by atoms with Crippen molar-refractivity contribution >= 4 is 17.3 Å². The number of halogens is 2. The molecule has 0 radical (unpaired) electrons. The smallest absolute Gasteiger partial charge is 0.270 e. The Morgan fingerprint density at radius 1 is 1.00 bits per heavy atom. The van der Waals surface area contributed by atoms with Gasteiger partial charge in [-0.1, -0.05) is 31.7 Å². The Labute approximate surface area is 145 Å². The van der Waals surface area contributed by atoms with Gasteiger partial charge in [-0.25, -0.2) is 13.8 Å². The van der Waals surface area contributed by atoms with Gasteiger partial charge in [0.05, 0.1) is 11.9 Å². The van der Waals surface area contributed by atoms with Crippen LogP contribution in [0.15, 0.2) is 36.5 Å². The van der Waals surface area contributed by atoms with Gasteiger partial charge in [0.2, 0.25) is 0 Å². The number of hydrogen-bond donors (Lipinski definition) is 2. The van der Waals surface area contributed by atoms with E-state index in [1.54, 1.807) is 12.1 Å². The van der Waals surface area contributed by atoms with Crippen molar-refractivity contribution in [1.82, 2.24) is 10.3 Å². The molecule has 132 valence electrons. The minimum Gasteiger partial charge on any atom is -0.349 e. The molecule has 4 nitrogen and oxygen atoms in total. The molecular weight excluding hydrogens is 324 g/mol. The van der Waals surface area contributed by atoms with Crippen molar-refractivity contribution in [3.05, 3.63) is 53.9 Å².